The lowest BCUT2D eigenvalue weighted by Gasteiger charge is -2.05. The Bertz CT molecular complexity index is 1080. The molecule has 0 saturated heterocycles. The second-order valence-electron chi connectivity index (χ2n) is 6.08. The summed E-state index contributed by atoms with van der Waals surface area (Å²) >= 11 is 5.46. The minimum Gasteiger partial charge on any atom is -0.311 e. The van der Waals surface area contributed by atoms with Crippen molar-refractivity contribution in [1.29, 1.82) is 0 Å². The number of halogens is 3. The topological polar surface area (TPSA) is 56.9 Å². The summed E-state index contributed by atoms with van der Waals surface area (Å²) in [4.78, 5) is 25.3. The van der Waals surface area contributed by atoms with Crippen molar-refractivity contribution in [2.45, 2.75) is 18.9 Å². The van der Waals surface area contributed by atoms with Crippen molar-refractivity contribution in [2.75, 3.05) is 0 Å². The zero-order valence-corrected chi connectivity index (χ0v) is 13.8. The fraction of sp³-hybridized carbons (Fsp3) is 0.235. The molecule has 5 nitrogen and oxygen atoms in total. The van der Waals surface area contributed by atoms with E-state index in [1.54, 1.807) is 16.8 Å². The first-order valence-electron chi connectivity index (χ1n) is 7.65. The van der Waals surface area contributed by atoms with E-state index in [0.717, 1.165) is 25.0 Å². The molecule has 1 saturated carbocycles. The van der Waals surface area contributed by atoms with Gasteiger partial charge in [-0.3, -0.25) is 14.3 Å². The average Bonchev–Trinajstić information content (AvgIpc) is 3.34. The van der Waals surface area contributed by atoms with E-state index < -0.39 is 22.4 Å². The molecule has 4 rings (SSSR count). The van der Waals surface area contributed by atoms with Gasteiger partial charge < -0.3 is 4.57 Å². The normalized spacial score (nSPS) is 14.2. The number of aryl methyl sites for hydroxylation is 1. The minimum absolute atomic E-state index is 0.0937. The Kier molecular flexibility index (Phi) is 3.50. The largest absolute Gasteiger partial charge is 0.311 e. The highest BCUT2D eigenvalue weighted by Crippen LogP contribution is 2.34. The molecule has 0 radical (unpaired) electrons. The first-order valence-corrected chi connectivity index (χ1v) is 8.03. The molecule has 1 fully saturated rings. The summed E-state index contributed by atoms with van der Waals surface area (Å²) < 4.78 is 30.2. The van der Waals surface area contributed by atoms with E-state index in [0.29, 0.717) is 5.39 Å². The number of benzene rings is 1. The first kappa shape index (κ1) is 16.0. The van der Waals surface area contributed by atoms with Crippen molar-refractivity contribution < 1.29 is 13.6 Å². The summed E-state index contributed by atoms with van der Waals surface area (Å²) in [6, 6.07) is 3.56. The van der Waals surface area contributed by atoms with E-state index in [9.17, 15) is 18.4 Å². The summed E-state index contributed by atoms with van der Waals surface area (Å²) in [5, 5.41) is 3.83. The number of ketones is 1. The van der Waals surface area contributed by atoms with Gasteiger partial charge in [-0.15, -0.1) is 0 Å². The number of aromatic nitrogens is 3. The van der Waals surface area contributed by atoms with Crippen LogP contribution in [0.15, 0.2) is 29.2 Å². The van der Waals surface area contributed by atoms with Gasteiger partial charge in [-0.2, -0.15) is 5.10 Å². The summed E-state index contributed by atoms with van der Waals surface area (Å²) in [6.07, 6.45) is 3.50. The lowest BCUT2D eigenvalue weighted by atomic mass is 10.1. The maximum absolute atomic E-state index is 13.7. The Morgan fingerprint density at radius 2 is 1.92 bits per heavy atom. The van der Waals surface area contributed by atoms with Crippen LogP contribution in [-0.2, 0) is 7.05 Å². The van der Waals surface area contributed by atoms with E-state index in [4.69, 9.17) is 11.6 Å². The fourth-order valence-electron chi connectivity index (χ4n) is 2.93. The number of pyridine rings is 1. The van der Waals surface area contributed by atoms with Gasteiger partial charge in [-0.1, -0.05) is 11.6 Å². The number of carbonyl (C=O) groups is 1. The van der Waals surface area contributed by atoms with Crippen molar-refractivity contribution in [2.24, 2.45) is 7.05 Å². The summed E-state index contributed by atoms with van der Waals surface area (Å²) in [5.74, 6) is -2.68. The molecule has 1 aliphatic carbocycles. The predicted molar refractivity (Wildman–Crippen MR) is 88.0 cm³/mol. The molecule has 0 unspecified atom stereocenters. The van der Waals surface area contributed by atoms with E-state index >= 15 is 0 Å². The highest BCUT2D eigenvalue weighted by molar-refractivity contribution is 6.31. The van der Waals surface area contributed by atoms with E-state index in [2.05, 4.69) is 5.10 Å². The molecule has 1 aliphatic rings. The second kappa shape index (κ2) is 5.49. The van der Waals surface area contributed by atoms with Crippen LogP contribution in [0.25, 0.3) is 10.9 Å². The molecule has 8 heteroatoms. The van der Waals surface area contributed by atoms with Crippen LogP contribution in [0, 0.1) is 11.6 Å². The molecule has 1 aromatic carbocycles. The van der Waals surface area contributed by atoms with Crippen molar-refractivity contribution >= 4 is 28.3 Å². The van der Waals surface area contributed by atoms with Gasteiger partial charge in [0.25, 0.3) is 5.56 Å². The predicted octanol–water partition coefficient (Wildman–Crippen LogP) is 3.23. The first-order chi connectivity index (χ1) is 11.9. The van der Waals surface area contributed by atoms with Crippen LogP contribution < -0.4 is 5.56 Å². The lowest BCUT2D eigenvalue weighted by Crippen LogP contribution is -2.18. The smallest absolute Gasteiger partial charge is 0.279 e. The van der Waals surface area contributed by atoms with E-state index in [1.165, 1.54) is 11.7 Å². The standard InChI is InChI=1S/C17H12ClF2N3O2/c1-22-15(16(24)8-6-11(19)13(18)12(20)7-8)10-4-5-23(9-2-3-9)17(25)14(10)21-22/h4-7,9H,2-3H2,1H3. The Balaban J connectivity index is 1.89. The monoisotopic (exact) mass is 363 g/mol. The van der Waals surface area contributed by atoms with Gasteiger partial charge in [0.05, 0.1) is 0 Å². The number of rotatable bonds is 3. The van der Waals surface area contributed by atoms with Gasteiger partial charge in [0.1, 0.15) is 22.4 Å². The Hall–Kier alpha value is -2.54. The number of nitrogens with zero attached hydrogens (tertiary/aromatic N) is 3. The lowest BCUT2D eigenvalue weighted by molar-refractivity contribution is 0.103. The van der Waals surface area contributed by atoms with E-state index in [-0.39, 0.29) is 28.4 Å². The van der Waals surface area contributed by atoms with Gasteiger partial charge in [0.2, 0.25) is 5.78 Å². The molecule has 0 bridgehead atoms. The second-order valence-corrected chi connectivity index (χ2v) is 6.45. The molecule has 0 aliphatic heterocycles. The Morgan fingerprint density at radius 1 is 1.28 bits per heavy atom. The van der Waals surface area contributed by atoms with E-state index in [1.807, 2.05) is 0 Å². The molecule has 25 heavy (non-hydrogen) atoms. The average molecular weight is 364 g/mol. The summed E-state index contributed by atoms with van der Waals surface area (Å²) in [6.45, 7) is 0. The van der Waals surface area contributed by atoms with Gasteiger partial charge in [0.15, 0.2) is 5.52 Å². The van der Waals surface area contributed by atoms with Crippen LogP contribution in [0.2, 0.25) is 5.02 Å². The molecule has 128 valence electrons. The third-order valence-corrected chi connectivity index (χ3v) is 4.69. The fourth-order valence-corrected chi connectivity index (χ4v) is 3.04. The van der Waals surface area contributed by atoms with Crippen molar-refractivity contribution in [1.82, 2.24) is 14.3 Å². The maximum Gasteiger partial charge on any atom is 0.279 e. The van der Waals surface area contributed by atoms with Crippen LogP contribution in [0.5, 0.6) is 0 Å². The van der Waals surface area contributed by atoms with Crippen molar-refractivity contribution in [3.8, 4) is 0 Å². The quantitative estimate of drug-likeness (QED) is 0.530. The van der Waals surface area contributed by atoms with Gasteiger partial charge >= 0.3 is 0 Å². The van der Waals surface area contributed by atoms with Gasteiger partial charge in [-0.05, 0) is 31.0 Å². The summed E-state index contributed by atoms with van der Waals surface area (Å²) in [7, 11) is 1.51. The van der Waals surface area contributed by atoms with Crippen LogP contribution >= 0.6 is 11.6 Å². The third kappa shape index (κ3) is 2.46. The Morgan fingerprint density at radius 3 is 2.52 bits per heavy atom. The molecular weight excluding hydrogens is 352 g/mol. The SMILES string of the molecule is Cn1nc2c(=O)n(C3CC3)ccc2c1C(=O)c1cc(F)c(Cl)c(F)c1. The number of hydrogen-bond acceptors (Lipinski definition) is 3. The number of carbonyl (C=O) groups excluding carboxylic acids is 1. The van der Waals surface area contributed by atoms with Crippen molar-refractivity contribution in [3.05, 3.63) is 62.7 Å². The molecule has 0 amide bonds. The van der Waals surface area contributed by atoms with Crippen LogP contribution in [0.3, 0.4) is 0 Å². The highest BCUT2D eigenvalue weighted by atomic mass is 35.5. The van der Waals surface area contributed by atoms with Crippen LogP contribution in [-0.4, -0.2) is 20.1 Å². The number of hydrogen-bond donors (Lipinski definition) is 0. The Labute approximate surface area is 145 Å². The minimum atomic E-state index is -1.02. The molecule has 0 spiro atoms. The molecule has 0 atom stereocenters. The highest BCUT2D eigenvalue weighted by Gasteiger charge is 2.27. The zero-order chi connectivity index (χ0) is 17.9. The molecule has 3 aromatic rings. The van der Waals surface area contributed by atoms with Gasteiger partial charge in [-0.25, -0.2) is 8.78 Å². The van der Waals surface area contributed by atoms with Crippen molar-refractivity contribution in [3.63, 3.8) is 0 Å². The molecular formula is C17H12ClF2N3O2. The third-order valence-electron chi connectivity index (χ3n) is 4.32. The molecule has 2 aromatic heterocycles. The summed E-state index contributed by atoms with van der Waals surface area (Å²) in [5.41, 5.74) is -0.217. The zero-order valence-electron chi connectivity index (χ0n) is 13.1. The molecule has 0 N–H and O–H groups in total. The van der Waals surface area contributed by atoms with Gasteiger partial charge in [0, 0.05) is 30.2 Å². The number of fused-ring (bicyclic) bond motifs is 1. The van der Waals surface area contributed by atoms with Crippen LogP contribution in [0.4, 0.5) is 8.78 Å². The maximum atomic E-state index is 13.7. The molecule has 2 heterocycles. The van der Waals surface area contributed by atoms with Crippen LogP contribution in [0.1, 0.15) is 34.9 Å².